The molecule has 0 heterocycles. The molecule has 0 aromatic heterocycles. The van der Waals surface area contributed by atoms with Crippen molar-refractivity contribution < 1.29 is 0 Å². The smallest absolute Gasteiger partial charge is 0.0110 e. The molecule has 14 heavy (non-hydrogen) atoms. The molecule has 1 saturated carbocycles. The van der Waals surface area contributed by atoms with Crippen molar-refractivity contribution in [1.29, 1.82) is 0 Å². The van der Waals surface area contributed by atoms with E-state index in [0.29, 0.717) is 0 Å². The zero-order valence-electron chi connectivity index (χ0n) is 8.57. The molecule has 0 bridgehead atoms. The molecule has 0 amide bonds. The summed E-state index contributed by atoms with van der Waals surface area (Å²) in [6.07, 6.45) is 4.00. The summed E-state index contributed by atoms with van der Waals surface area (Å²) in [6, 6.07) is 11.5. The minimum Gasteiger partial charge on any atom is -0.317 e. The average Bonchev–Trinajstić information content (AvgIpc) is 2.67. The van der Waals surface area contributed by atoms with Crippen molar-refractivity contribution in [2.45, 2.75) is 35.4 Å². The Morgan fingerprint density at radius 1 is 1.21 bits per heavy atom. The summed E-state index contributed by atoms with van der Waals surface area (Å²) >= 11 is 2.03. The van der Waals surface area contributed by atoms with Crippen molar-refractivity contribution in [2.75, 3.05) is 7.05 Å². The molecular weight excluding hydrogens is 190 g/mol. The Morgan fingerprint density at radius 3 is 2.64 bits per heavy atom. The third-order valence-electron chi connectivity index (χ3n) is 2.84. The van der Waals surface area contributed by atoms with E-state index in [1.807, 2.05) is 11.8 Å². The maximum atomic E-state index is 3.37. The van der Waals surface area contributed by atoms with Crippen LogP contribution in [0.25, 0.3) is 0 Å². The highest BCUT2D eigenvalue weighted by Gasteiger charge is 2.23. The van der Waals surface area contributed by atoms with Crippen LogP contribution >= 0.6 is 11.8 Å². The molecule has 0 saturated heterocycles. The fourth-order valence-electron chi connectivity index (χ4n) is 2.00. The number of rotatable bonds is 3. The van der Waals surface area contributed by atoms with E-state index in [-0.39, 0.29) is 0 Å². The predicted molar refractivity (Wildman–Crippen MR) is 62.8 cm³/mol. The lowest BCUT2D eigenvalue weighted by atomic mass is 10.3. The molecule has 2 atom stereocenters. The monoisotopic (exact) mass is 207 g/mol. The van der Waals surface area contributed by atoms with Gasteiger partial charge in [-0.2, -0.15) is 0 Å². The summed E-state index contributed by atoms with van der Waals surface area (Å²) in [7, 11) is 2.07. The normalized spacial score (nSPS) is 26.6. The van der Waals surface area contributed by atoms with Gasteiger partial charge in [0, 0.05) is 16.2 Å². The number of nitrogens with one attached hydrogen (secondary N) is 1. The zero-order valence-corrected chi connectivity index (χ0v) is 9.39. The molecule has 1 aromatic carbocycles. The molecule has 2 rings (SSSR count). The molecular formula is C12H17NS. The van der Waals surface area contributed by atoms with Gasteiger partial charge in [0.15, 0.2) is 0 Å². The van der Waals surface area contributed by atoms with Crippen LogP contribution in [-0.2, 0) is 0 Å². The first-order valence-corrected chi connectivity index (χ1v) is 6.15. The number of benzene rings is 1. The van der Waals surface area contributed by atoms with Crippen molar-refractivity contribution >= 4 is 11.8 Å². The van der Waals surface area contributed by atoms with Gasteiger partial charge in [-0.15, -0.1) is 11.8 Å². The van der Waals surface area contributed by atoms with Crippen LogP contribution in [0.5, 0.6) is 0 Å². The first-order chi connectivity index (χ1) is 6.88. The number of hydrogen-bond donors (Lipinski definition) is 1. The molecule has 1 aliphatic carbocycles. The zero-order chi connectivity index (χ0) is 9.80. The standard InChI is InChI=1S/C12H17NS/c1-13-10-7-8-12(9-10)14-11-5-3-2-4-6-11/h2-6,10,12-13H,7-9H2,1H3. The highest BCUT2D eigenvalue weighted by Crippen LogP contribution is 2.34. The fraction of sp³-hybridized carbons (Fsp3) is 0.500. The lowest BCUT2D eigenvalue weighted by Crippen LogP contribution is -2.21. The highest BCUT2D eigenvalue weighted by atomic mass is 32.2. The summed E-state index contributed by atoms with van der Waals surface area (Å²) in [5.74, 6) is 0. The molecule has 2 unspecified atom stereocenters. The Kier molecular flexibility index (Phi) is 3.49. The Morgan fingerprint density at radius 2 is 2.00 bits per heavy atom. The van der Waals surface area contributed by atoms with Gasteiger partial charge in [-0.25, -0.2) is 0 Å². The first kappa shape index (κ1) is 10.1. The van der Waals surface area contributed by atoms with E-state index in [4.69, 9.17) is 0 Å². The van der Waals surface area contributed by atoms with Gasteiger partial charge in [-0.05, 0) is 38.4 Å². The molecule has 1 aliphatic rings. The van der Waals surface area contributed by atoms with Crippen molar-refractivity contribution in [1.82, 2.24) is 5.32 Å². The maximum absolute atomic E-state index is 3.37. The largest absolute Gasteiger partial charge is 0.317 e. The molecule has 2 heteroatoms. The van der Waals surface area contributed by atoms with Gasteiger partial charge in [-0.1, -0.05) is 18.2 Å². The van der Waals surface area contributed by atoms with Crippen LogP contribution in [0, 0.1) is 0 Å². The highest BCUT2D eigenvalue weighted by molar-refractivity contribution is 8.00. The summed E-state index contributed by atoms with van der Waals surface area (Å²) in [6.45, 7) is 0. The fourth-order valence-corrected chi connectivity index (χ4v) is 3.28. The molecule has 1 nitrogen and oxygen atoms in total. The van der Waals surface area contributed by atoms with Crippen LogP contribution in [0.3, 0.4) is 0 Å². The van der Waals surface area contributed by atoms with Gasteiger partial charge in [0.05, 0.1) is 0 Å². The quantitative estimate of drug-likeness (QED) is 0.818. The van der Waals surface area contributed by atoms with Gasteiger partial charge in [0.1, 0.15) is 0 Å². The van der Waals surface area contributed by atoms with Crippen molar-refractivity contribution in [3.63, 3.8) is 0 Å². The van der Waals surface area contributed by atoms with Crippen molar-refractivity contribution in [2.24, 2.45) is 0 Å². The first-order valence-electron chi connectivity index (χ1n) is 5.27. The van der Waals surface area contributed by atoms with E-state index in [0.717, 1.165) is 11.3 Å². The number of thioether (sulfide) groups is 1. The second kappa shape index (κ2) is 4.85. The predicted octanol–water partition coefficient (Wildman–Crippen LogP) is 2.92. The SMILES string of the molecule is CNC1CCC(Sc2ccccc2)C1. The molecule has 1 fully saturated rings. The molecule has 76 valence electrons. The Balaban J connectivity index is 1.88. The summed E-state index contributed by atoms with van der Waals surface area (Å²) < 4.78 is 0. The van der Waals surface area contributed by atoms with E-state index < -0.39 is 0 Å². The Labute approximate surface area is 90.3 Å². The molecule has 0 radical (unpaired) electrons. The molecule has 1 N–H and O–H groups in total. The van der Waals surface area contributed by atoms with Gasteiger partial charge in [-0.3, -0.25) is 0 Å². The summed E-state index contributed by atoms with van der Waals surface area (Å²) in [4.78, 5) is 1.41. The van der Waals surface area contributed by atoms with Crippen LogP contribution < -0.4 is 5.32 Å². The van der Waals surface area contributed by atoms with Gasteiger partial charge in [0.25, 0.3) is 0 Å². The van der Waals surface area contributed by atoms with E-state index in [1.54, 1.807) is 0 Å². The summed E-state index contributed by atoms with van der Waals surface area (Å²) in [5, 5.41) is 4.18. The van der Waals surface area contributed by atoms with Gasteiger partial charge < -0.3 is 5.32 Å². The third kappa shape index (κ3) is 2.52. The third-order valence-corrected chi connectivity index (χ3v) is 4.14. The van der Waals surface area contributed by atoms with E-state index in [1.165, 1.54) is 24.2 Å². The Bertz CT molecular complexity index is 273. The van der Waals surface area contributed by atoms with Crippen LogP contribution in [0.4, 0.5) is 0 Å². The molecule has 0 aliphatic heterocycles. The van der Waals surface area contributed by atoms with Crippen LogP contribution in [0.15, 0.2) is 35.2 Å². The van der Waals surface area contributed by atoms with Crippen molar-refractivity contribution in [3.8, 4) is 0 Å². The Hall–Kier alpha value is -0.470. The topological polar surface area (TPSA) is 12.0 Å². The van der Waals surface area contributed by atoms with E-state index in [9.17, 15) is 0 Å². The van der Waals surface area contributed by atoms with Gasteiger partial charge >= 0.3 is 0 Å². The molecule has 1 aromatic rings. The van der Waals surface area contributed by atoms with Crippen molar-refractivity contribution in [3.05, 3.63) is 30.3 Å². The number of hydrogen-bond acceptors (Lipinski definition) is 2. The summed E-state index contributed by atoms with van der Waals surface area (Å²) in [5.41, 5.74) is 0. The average molecular weight is 207 g/mol. The minimum atomic E-state index is 0.746. The minimum absolute atomic E-state index is 0.746. The van der Waals surface area contributed by atoms with E-state index >= 15 is 0 Å². The van der Waals surface area contributed by atoms with Gasteiger partial charge in [0.2, 0.25) is 0 Å². The molecule has 0 spiro atoms. The van der Waals surface area contributed by atoms with E-state index in [2.05, 4.69) is 42.7 Å². The second-order valence-corrected chi connectivity index (χ2v) is 5.23. The maximum Gasteiger partial charge on any atom is 0.0110 e. The second-order valence-electron chi connectivity index (χ2n) is 3.85. The van der Waals surface area contributed by atoms with Crippen LogP contribution in [0.2, 0.25) is 0 Å². The lowest BCUT2D eigenvalue weighted by molar-refractivity contribution is 0.583. The lowest BCUT2D eigenvalue weighted by Gasteiger charge is -2.10. The van der Waals surface area contributed by atoms with Crippen LogP contribution in [0.1, 0.15) is 19.3 Å². The van der Waals surface area contributed by atoms with Crippen LogP contribution in [-0.4, -0.2) is 18.3 Å².